The van der Waals surface area contributed by atoms with Crippen LogP contribution in [0.25, 0.3) is 10.9 Å². The van der Waals surface area contributed by atoms with Crippen LogP contribution in [0.5, 0.6) is 0 Å². The monoisotopic (exact) mass is 242 g/mol. The minimum absolute atomic E-state index is 0.144. The summed E-state index contributed by atoms with van der Waals surface area (Å²) >= 11 is 0. The van der Waals surface area contributed by atoms with Gasteiger partial charge in [-0.15, -0.1) is 0 Å². The Balaban J connectivity index is 1.94. The molecule has 3 nitrogen and oxygen atoms in total. The third kappa shape index (κ3) is 1.90. The molecule has 0 bridgehead atoms. The number of aryl methyl sites for hydroxylation is 1. The molecule has 2 aromatic rings. The van der Waals surface area contributed by atoms with Gasteiger partial charge in [-0.3, -0.25) is 4.79 Å². The summed E-state index contributed by atoms with van der Waals surface area (Å²) in [6.45, 7) is 3.87. The molecule has 1 saturated heterocycles. The van der Waals surface area contributed by atoms with Crippen LogP contribution in [0, 0.1) is 6.92 Å². The van der Waals surface area contributed by atoms with Crippen LogP contribution < -0.4 is 0 Å². The molecule has 0 saturated carbocycles. The predicted molar refractivity (Wildman–Crippen MR) is 72.8 cm³/mol. The number of aromatic amines is 1. The van der Waals surface area contributed by atoms with Gasteiger partial charge in [-0.1, -0.05) is 12.1 Å². The van der Waals surface area contributed by atoms with Gasteiger partial charge in [-0.05, 0) is 43.9 Å². The zero-order valence-electron chi connectivity index (χ0n) is 10.7. The van der Waals surface area contributed by atoms with Gasteiger partial charge < -0.3 is 9.88 Å². The Morgan fingerprint density at radius 2 is 2.00 bits per heavy atom. The summed E-state index contributed by atoms with van der Waals surface area (Å²) in [7, 11) is 0. The van der Waals surface area contributed by atoms with Gasteiger partial charge in [-0.25, -0.2) is 0 Å². The molecular formula is C15H18N2O. The average Bonchev–Trinajstić information content (AvgIpc) is 2.84. The van der Waals surface area contributed by atoms with Gasteiger partial charge in [0.25, 0.3) is 5.91 Å². The van der Waals surface area contributed by atoms with Crippen LogP contribution in [0.3, 0.4) is 0 Å². The molecule has 18 heavy (non-hydrogen) atoms. The molecule has 94 valence electrons. The SMILES string of the molecule is Cc1cccc2[nH]c(C(=O)N3CCCCC3)cc12. The van der Waals surface area contributed by atoms with Crippen molar-refractivity contribution in [1.29, 1.82) is 0 Å². The summed E-state index contributed by atoms with van der Waals surface area (Å²) in [6, 6.07) is 8.10. The van der Waals surface area contributed by atoms with Crippen LogP contribution in [-0.4, -0.2) is 28.9 Å². The normalized spacial score (nSPS) is 16.2. The molecule has 1 fully saturated rings. The van der Waals surface area contributed by atoms with Crippen molar-refractivity contribution >= 4 is 16.8 Å². The second-order valence-electron chi connectivity index (χ2n) is 5.07. The van der Waals surface area contributed by atoms with E-state index in [1.54, 1.807) is 0 Å². The first-order valence-electron chi connectivity index (χ1n) is 6.63. The molecule has 0 spiro atoms. The average molecular weight is 242 g/mol. The van der Waals surface area contributed by atoms with Gasteiger partial charge in [-0.2, -0.15) is 0 Å². The van der Waals surface area contributed by atoms with Crippen molar-refractivity contribution < 1.29 is 4.79 Å². The Kier molecular flexibility index (Phi) is 2.82. The van der Waals surface area contributed by atoms with E-state index in [0.717, 1.165) is 42.5 Å². The van der Waals surface area contributed by atoms with Crippen LogP contribution in [-0.2, 0) is 0 Å². The fraction of sp³-hybridized carbons (Fsp3) is 0.400. The number of piperidine rings is 1. The van der Waals surface area contributed by atoms with E-state index in [9.17, 15) is 4.79 Å². The molecule has 1 aromatic heterocycles. The fourth-order valence-electron chi connectivity index (χ4n) is 2.69. The van der Waals surface area contributed by atoms with E-state index >= 15 is 0 Å². The van der Waals surface area contributed by atoms with E-state index in [0.29, 0.717) is 0 Å². The number of amides is 1. The third-order valence-electron chi connectivity index (χ3n) is 3.76. The first-order valence-corrected chi connectivity index (χ1v) is 6.63. The Labute approximate surface area is 107 Å². The molecule has 1 aromatic carbocycles. The van der Waals surface area contributed by atoms with Crippen molar-refractivity contribution in [1.82, 2.24) is 9.88 Å². The number of hydrogen-bond acceptors (Lipinski definition) is 1. The maximum Gasteiger partial charge on any atom is 0.270 e. The van der Waals surface area contributed by atoms with E-state index in [1.165, 1.54) is 12.0 Å². The van der Waals surface area contributed by atoms with Gasteiger partial charge in [0.2, 0.25) is 0 Å². The van der Waals surface area contributed by atoms with E-state index in [-0.39, 0.29) is 5.91 Å². The van der Waals surface area contributed by atoms with E-state index < -0.39 is 0 Å². The smallest absolute Gasteiger partial charge is 0.270 e. The van der Waals surface area contributed by atoms with Crippen LogP contribution in [0.4, 0.5) is 0 Å². The lowest BCUT2D eigenvalue weighted by Crippen LogP contribution is -2.35. The highest BCUT2D eigenvalue weighted by molar-refractivity contribution is 5.98. The van der Waals surface area contributed by atoms with Gasteiger partial charge in [0.15, 0.2) is 0 Å². The number of H-pyrrole nitrogens is 1. The Bertz CT molecular complexity index is 579. The van der Waals surface area contributed by atoms with Crippen LogP contribution >= 0.6 is 0 Å². The number of benzene rings is 1. The molecule has 1 amide bonds. The number of carbonyl (C=O) groups excluding carboxylic acids is 1. The number of rotatable bonds is 1. The van der Waals surface area contributed by atoms with Crippen molar-refractivity contribution in [2.24, 2.45) is 0 Å². The number of nitrogens with one attached hydrogen (secondary N) is 1. The van der Waals surface area contributed by atoms with Crippen molar-refractivity contribution in [2.75, 3.05) is 13.1 Å². The van der Waals surface area contributed by atoms with E-state index in [2.05, 4.69) is 18.0 Å². The molecule has 0 unspecified atom stereocenters. The van der Waals surface area contributed by atoms with Crippen molar-refractivity contribution in [3.8, 4) is 0 Å². The van der Waals surface area contributed by atoms with Gasteiger partial charge >= 0.3 is 0 Å². The maximum atomic E-state index is 12.4. The molecule has 1 aliphatic rings. The molecule has 3 rings (SSSR count). The number of fused-ring (bicyclic) bond motifs is 1. The summed E-state index contributed by atoms with van der Waals surface area (Å²) < 4.78 is 0. The third-order valence-corrected chi connectivity index (χ3v) is 3.76. The van der Waals surface area contributed by atoms with Crippen molar-refractivity contribution in [2.45, 2.75) is 26.2 Å². The molecule has 1 N–H and O–H groups in total. The van der Waals surface area contributed by atoms with Crippen molar-refractivity contribution in [3.05, 3.63) is 35.5 Å². The first-order chi connectivity index (χ1) is 8.75. The van der Waals surface area contributed by atoms with Crippen molar-refractivity contribution in [3.63, 3.8) is 0 Å². The number of hydrogen-bond donors (Lipinski definition) is 1. The Morgan fingerprint density at radius 1 is 1.22 bits per heavy atom. The van der Waals surface area contributed by atoms with E-state index in [4.69, 9.17) is 0 Å². The lowest BCUT2D eigenvalue weighted by atomic mass is 10.1. The molecular weight excluding hydrogens is 224 g/mol. The van der Waals surface area contributed by atoms with Crippen LogP contribution in [0.1, 0.15) is 35.3 Å². The quantitative estimate of drug-likeness (QED) is 0.819. The lowest BCUT2D eigenvalue weighted by molar-refractivity contribution is 0.0719. The number of nitrogens with zero attached hydrogens (tertiary/aromatic N) is 1. The van der Waals surface area contributed by atoms with E-state index in [1.807, 2.05) is 23.1 Å². The maximum absolute atomic E-state index is 12.4. The highest BCUT2D eigenvalue weighted by atomic mass is 16.2. The number of carbonyl (C=O) groups is 1. The summed E-state index contributed by atoms with van der Waals surface area (Å²) in [5.41, 5.74) is 2.98. The van der Waals surface area contributed by atoms with Crippen LogP contribution in [0.15, 0.2) is 24.3 Å². The topological polar surface area (TPSA) is 36.1 Å². The second kappa shape index (κ2) is 4.48. The predicted octanol–water partition coefficient (Wildman–Crippen LogP) is 3.10. The van der Waals surface area contributed by atoms with Crippen LogP contribution in [0.2, 0.25) is 0 Å². The zero-order valence-corrected chi connectivity index (χ0v) is 10.7. The summed E-state index contributed by atoms with van der Waals surface area (Å²) in [5.74, 6) is 0.144. The Hall–Kier alpha value is -1.77. The Morgan fingerprint density at radius 3 is 2.72 bits per heavy atom. The summed E-state index contributed by atoms with van der Waals surface area (Å²) in [5, 5.41) is 1.15. The second-order valence-corrected chi connectivity index (χ2v) is 5.07. The highest BCUT2D eigenvalue weighted by Crippen LogP contribution is 2.21. The molecule has 2 heterocycles. The molecule has 1 aliphatic heterocycles. The molecule has 0 atom stereocenters. The number of likely N-dealkylation sites (tertiary alicyclic amines) is 1. The highest BCUT2D eigenvalue weighted by Gasteiger charge is 2.19. The minimum Gasteiger partial charge on any atom is -0.351 e. The number of aromatic nitrogens is 1. The standard InChI is InChI=1S/C15H18N2O/c1-11-6-5-7-13-12(11)10-14(16-13)15(18)17-8-3-2-4-9-17/h5-7,10,16H,2-4,8-9H2,1H3. The molecule has 0 aliphatic carbocycles. The minimum atomic E-state index is 0.144. The zero-order chi connectivity index (χ0) is 12.5. The summed E-state index contributed by atoms with van der Waals surface area (Å²) in [4.78, 5) is 17.6. The lowest BCUT2D eigenvalue weighted by Gasteiger charge is -2.26. The summed E-state index contributed by atoms with van der Waals surface area (Å²) in [6.07, 6.45) is 3.51. The fourth-order valence-corrected chi connectivity index (χ4v) is 2.69. The van der Waals surface area contributed by atoms with Gasteiger partial charge in [0.05, 0.1) is 0 Å². The van der Waals surface area contributed by atoms with Gasteiger partial charge in [0, 0.05) is 24.0 Å². The molecule has 3 heteroatoms. The first kappa shape index (κ1) is 11.3. The largest absolute Gasteiger partial charge is 0.351 e. The molecule has 0 radical (unpaired) electrons. The van der Waals surface area contributed by atoms with Gasteiger partial charge in [0.1, 0.15) is 5.69 Å².